The average Bonchev–Trinajstić information content (AvgIpc) is 3.08. The molecule has 2 unspecified atom stereocenters. The Hall–Kier alpha value is -0.990. The molecule has 0 aliphatic carbocycles. The minimum absolute atomic E-state index is 0. The second kappa shape index (κ2) is 8.21. The molecule has 3 rings (SSSR count). The third-order valence-corrected chi connectivity index (χ3v) is 4.88. The molecule has 23 heavy (non-hydrogen) atoms. The molecule has 0 radical (unpaired) electrons. The fourth-order valence-electron chi connectivity index (χ4n) is 2.40. The van der Waals surface area contributed by atoms with Gasteiger partial charge in [-0.2, -0.15) is 0 Å². The molecule has 1 aromatic carbocycles. The van der Waals surface area contributed by atoms with Gasteiger partial charge >= 0.3 is 0 Å². The fourth-order valence-corrected chi connectivity index (χ4v) is 3.70. The van der Waals surface area contributed by atoms with Gasteiger partial charge in [-0.25, -0.2) is 4.98 Å². The van der Waals surface area contributed by atoms with E-state index in [-0.39, 0.29) is 24.4 Å². The van der Waals surface area contributed by atoms with E-state index < -0.39 is 6.10 Å². The number of anilines is 1. The molecule has 2 atom stereocenters. The second-order valence-corrected chi connectivity index (χ2v) is 7.31. The molecule has 0 bridgehead atoms. The lowest BCUT2D eigenvalue weighted by Crippen LogP contribution is -2.35. The molecule has 1 amide bonds. The molecule has 5 nitrogen and oxygen atoms in total. The Morgan fingerprint density at radius 2 is 2.35 bits per heavy atom. The lowest BCUT2D eigenvalue weighted by molar-refractivity contribution is -0.117. The standard InChI is InChI=1S/C15H16BrN3O2S.ClH/c16-10-3-1-2-9(4-10)5-12-8-18-15(22-12)19-14(21)13-6-11(20)7-17-13;/h1-4,8,11,13,17,20H,5-7H2,(H,18,19,21);1H. The number of carbonyl (C=O) groups is 1. The predicted molar refractivity (Wildman–Crippen MR) is 97.4 cm³/mol. The molecule has 0 saturated carbocycles. The van der Waals surface area contributed by atoms with Crippen LogP contribution in [0.2, 0.25) is 0 Å². The number of hydrogen-bond acceptors (Lipinski definition) is 5. The van der Waals surface area contributed by atoms with E-state index >= 15 is 0 Å². The summed E-state index contributed by atoms with van der Waals surface area (Å²) in [4.78, 5) is 17.4. The predicted octanol–water partition coefficient (Wildman–Crippen LogP) is 2.58. The quantitative estimate of drug-likeness (QED) is 0.713. The number of aliphatic hydroxyl groups excluding tert-OH is 1. The summed E-state index contributed by atoms with van der Waals surface area (Å²) in [5.74, 6) is -0.139. The number of aliphatic hydroxyl groups is 1. The molecule has 1 aliphatic rings. The van der Waals surface area contributed by atoms with E-state index in [1.165, 1.54) is 16.9 Å². The Morgan fingerprint density at radius 1 is 1.52 bits per heavy atom. The van der Waals surface area contributed by atoms with Crippen molar-refractivity contribution in [2.24, 2.45) is 0 Å². The van der Waals surface area contributed by atoms with Crippen LogP contribution < -0.4 is 10.6 Å². The second-order valence-electron chi connectivity index (χ2n) is 5.28. The van der Waals surface area contributed by atoms with Gasteiger partial charge in [-0.05, 0) is 24.1 Å². The lowest BCUT2D eigenvalue weighted by Gasteiger charge is -2.08. The zero-order chi connectivity index (χ0) is 15.5. The van der Waals surface area contributed by atoms with E-state index in [0.717, 1.165) is 15.8 Å². The van der Waals surface area contributed by atoms with Crippen LogP contribution in [0.25, 0.3) is 0 Å². The minimum Gasteiger partial charge on any atom is -0.392 e. The molecule has 2 heterocycles. The van der Waals surface area contributed by atoms with Crippen LogP contribution in [0.4, 0.5) is 5.13 Å². The normalized spacial score (nSPS) is 20.1. The highest BCUT2D eigenvalue weighted by Crippen LogP contribution is 2.23. The lowest BCUT2D eigenvalue weighted by atomic mass is 10.1. The highest BCUT2D eigenvalue weighted by molar-refractivity contribution is 9.10. The Kier molecular flexibility index (Phi) is 6.55. The van der Waals surface area contributed by atoms with Crippen LogP contribution >= 0.6 is 39.7 Å². The van der Waals surface area contributed by atoms with Crippen molar-refractivity contribution in [3.8, 4) is 0 Å². The van der Waals surface area contributed by atoms with Crippen molar-refractivity contribution in [3.63, 3.8) is 0 Å². The number of nitrogens with one attached hydrogen (secondary N) is 2. The van der Waals surface area contributed by atoms with Crippen molar-refractivity contribution in [1.82, 2.24) is 10.3 Å². The maximum Gasteiger partial charge on any atom is 0.243 e. The van der Waals surface area contributed by atoms with Crippen molar-refractivity contribution >= 4 is 50.7 Å². The molecule has 2 aromatic rings. The molecule has 1 aliphatic heterocycles. The summed E-state index contributed by atoms with van der Waals surface area (Å²) >= 11 is 4.93. The van der Waals surface area contributed by atoms with Gasteiger partial charge in [0.05, 0.1) is 12.1 Å². The summed E-state index contributed by atoms with van der Waals surface area (Å²) in [5, 5.41) is 15.8. The third kappa shape index (κ3) is 4.99. The van der Waals surface area contributed by atoms with Crippen LogP contribution in [-0.2, 0) is 11.2 Å². The summed E-state index contributed by atoms with van der Waals surface area (Å²) in [7, 11) is 0. The number of β-amino-alcohol motifs (C(OH)–C–C–N with tert-alkyl or cyclic N) is 1. The van der Waals surface area contributed by atoms with Crippen molar-refractivity contribution in [3.05, 3.63) is 45.4 Å². The molecule has 8 heteroatoms. The van der Waals surface area contributed by atoms with Gasteiger partial charge in [-0.15, -0.1) is 23.7 Å². The zero-order valence-corrected chi connectivity index (χ0v) is 15.4. The fraction of sp³-hybridized carbons (Fsp3) is 0.333. The van der Waals surface area contributed by atoms with E-state index in [9.17, 15) is 9.90 Å². The first-order valence-electron chi connectivity index (χ1n) is 7.01. The van der Waals surface area contributed by atoms with Gasteiger partial charge < -0.3 is 15.7 Å². The Morgan fingerprint density at radius 3 is 3.04 bits per heavy atom. The van der Waals surface area contributed by atoms with Gasteiger partial charge in [0.2, 0.25) is 5.91 Å². The molecule has 124 valence electrons. The van der Waals surface area contributed by atoms with Crippen LogP contribution in [0, 0.1) is 0 Å². The highest BCUT2D eigenvalue weighted by Gasteiger charge is 2.28. The summed E-state index contributed by atoms with van der Waals surface area (Å²) in [6, 6.07) is 7.78. The third-order valence-electron chi connectivity index (χ3n) is 3.48. The van der Waals surface area contributed by atoms with Gasteiger partial charge in [-0.3, -0.25) is 4.79 Å². The number of hydrogen-bond donors (Lipinski definition) is 3. The molecule has 0 spiro atoms. The van der Waals surface area contributed by atoms with Crippen LogP contribution in [0.3, 0.4) is 0 Å². The van der Waals surface area contributed by atoms with Gasteiger partial charge in [0.15, 0.2) is 5.13 Å². The molecule has 1 fully saturated rings. The van der Waals surface area contributed by atoms with Crippen molar-refractivity contribution in [2.75, 3.05) is 11.9 Å². The zero-order valence-electron chi connectivity index (χ0n) is 12.2. The van der Waals surface area contributed by atoms with Gasteiger partial charge in [0.1, 0.15) is 0 Å². The number of carbonyl (C=O) groups excluding carboxylic acids is 1. The van der Waals surface area contributed by atoms with Crippen molar-refractivity contribution in [2.45, 2.75) is 25.0 Å². The van der Waals surface area contributed by atoms with Crippen LogP contribution in [0.1, 0.15) is 16.9 Å². The number of halogens is 2. The Labute approximate surface area is 153 Å². The number of thiazole rings is 1. The van der Waals surface area contributed by atoms with E-state index in [1.54, 1.807) is 6.20 Å². The number of nitrogens with zero attached hydrogens (tertiary/aromatic N) is 1. The molecule has 1 aromatic heterocycles. The first-order chi connectivity index (χ1) is 10.6. The summed E-state index contributed by atoms with van der Waals surface area (Å²) in [6.45, 7) is 0.462. The topological polar surface area (TPSA) is 74.2 Å². The number of amides is 1. The van der Waals surface area contributed by atoms with Crippen LogP contribution in [0.15, 0.2) is 34.9 Å². The summed E-state index contributed by atoms with van der Waals surface area (Å²) in [5.41, 5.74) is 1.19. The summed E-state index contributed by atoms with van der Waals surface area (Å²) in [6.07, 6.45) is 2.58. The smallest absolute Gasteiger partial charge is 0.243 e. The summed E-state index contributed by atoms with van der Waals surface area (Å²) < 4.78 is 1.05. The SMILES string of the molecule is Cl.O=C(Nc1ncc(Cc2cccc(Br)c2)s1)C1CC(O)CN1. The van der Waals surface area contributed by atoms with Crippen molar-refractivity contribution < 1.29 is 9.90 Å². The molecular formula is C15H17BrClN3O2S. The first kappa shape index (κ1) is 18.4. The Balaban J connectivity index is 0.00000192. The highest BCUT2D eigenvalue weighted by atomic mass is 79.9. The van der Waals surface area contributed by atoms with E-state index in [4.69, 9.17) is 0 Å². The maximum absolute atomic E-state index is 12.0. The van der Waals surface area contributed by atoms with Crippen LogP contribution in [-0.4, -0.2) is 34.7 Å². The molecule has 3 N–H and O–H groups in total. The number of benzene rings is 1. The molecule has 1 saturated heterocycles. The number of aromatic nitrogens is 1. The average molecular weight is 419 g/mol. The van der Waals surface area contributed by atoms with Gasteiger partial charge in [0, 0.05) is 28.5 Å². The Bertz CT molecular complexity index is 682. The number of rotatable bonds is 4. The van der Waals surface area contributed by atoms with Gasteiger partial charge in [-0.1, -0.05) is 28.1 Å². The minimum atomic E-state index is -0.445. The van der Waals surface area contributed by atoms with Crippen molar-refractivity contribution in [1.29, 1.82) is 0 Å². The van der Waals surface area contributed by atoms with Crippen LogP contribution in [0.5, 0.6) is 0 Å². The maximum atomic E-state index is 12.0. The van der Waals surface area contributed by atoms with E-state index in [0.29, 0.717) is 18.1 Å². The monoisotopic (exact) mass is 417 g/mol. The van der Waals surface area contributed by atoms with E-state index in [1.807, 2.05) is 12.1 Å². The molecular weight excluding hydrogens is 402 g/mol. The van der Waals surface area contributed by atoms with Gasteiger partial charge in [0.25, 0.3) is 0 Å². The largest absolute Gasteiger partial charge is 0.392 e. The van der Waals surface area contributed by atoms with E-state index in [2.05, 4.69) is 43.7 Å². The first-order valence-corrected chi connectivity index (χ1v) is 8.62.